The van der Waals surface area contributed by atoms with Crippen LogP contribution in [0.5, 0.6) is 0 Å². The fourth-order valence-corrected chi connectivity index (χ4v) is 7.92. The number of nitrogens with zero attached hydrogens (tertiary/aromatic N) is 1. The van der Waals surface area contributed by atoms with Crippen LogP contribution in [0.25, 0.3) is 11.1 Å². The van der Waals surface area contributed by atoms with E-state index in [0.29, 0.717) is 23.8 Å². The van der Waals surface area contributed by atoms with Gasteiger partial charge in [0.1, 0.15) is 6.04 Å². The SMILES string of the molecule is CSCC[C@H](NC(=O)c1ccc(CN(C)[C@H](CSc2ccccc2C)CC2CCCCC2)cc1-c1ccccc1C)C(=O)O. The Bertz CT molecular complexity index is 1390. The Morgan fingerprint density at radius 3 is 2.34 bits per heavy atom. The Morgan fingerprint density at radius 2 is 1.66 bits per heavy atom. The molecule has 0 unspecified atom stereocenters. The van der Waals surface area contributed by atoms with Gasteiger partial charge >= 0.3 is 5.97 Å². The zero-order chi connectivity index (χ0) is 31.5. The molecule has 3 aromatic rings. The molecule has 0 saturated heterocycles. The molecule has 0 heterocycles. The highest BCUT2D eigenvalue weighted by molar-refractivity contribution is 7.99. The van der Waals surface area contributed by atoms with Gasteiger partial charge in [-0.25, -0.2) is 4.79 Å². The van der Waals surface area contributed by atoms with Gasteiger partial charge in [-0.05, 0) is 97.7 Å². The van der Waals surface area contributed by atoms with Crippen molar-refractivity contribution in [3.63, 3.8) is 0 Å². The van der Waals surface area contributed by atoms with E-state index >= 15 is 0 Å². The highest BCUT2D eigenvalue weighted by Crippen LogP contribution is 2.33. The maximum Gasteiger partial charge on any atom is 0.326 e. The maximum atomic E-state index is 13.5. The molecule has 44 heavy (non-hydrogen) atoms. The number of aliphatic carboxylic acids is 1. The summed E-state index contributed by atoms with van der Waals surface area (Å²) in [5.41, 5.74) is 5.90. The quantitative estimate of drug-likeness (QED) is 0.164. The lowest BCUT2D eigenvalue weighted by atomic mass is 9.85. The van der Waals surface area contributed by atoms with Crippen molar-refractivity contribution in [3.8, 4) is 11.1 Å². The molecule has 0 spiro atoms. The van der Waals surface area contributed by atoms with Crippen molar-refractivity contribution in [1.29, 1.82) is 0 Å². The van der Waals surface area contributed by atoms with Crippen LogP contribution in [0.15, 0.2) is 71.6 Å². The second-order valence-corrected chi connectivity index (χ2v) is 14.3. The van der Waals surface area contributed by atoms with Crippen LogP contribution >= 0.6 is 23.5 Å². The first-order chi connectivity index (χ1) is 21.3. The number of hydrogen-bond donors (Lipinski definition) is 2. The molecule has 2 N–H and O–H groups in total. The predicted molar refractivity (Wildman–Crippen MR) is 187 cm³/mol. The molecular weight excluding hydrogens is 585 g/mol. The van der Waals surface area contributed by atoms with E-state index in [2.05, 4.69) is 67.5 Å². The Hall–Kier alpha value is -2.74. The van der Waals surface area contributed by atoms with Crippen LogP contribution in [0.1, 0.15) is 72.0 Å². The van der Waals surface area contributed by atoms with Crippen molar-refractivity contribution in [3.05, 3.63) is 89.0 Å². The maximum absolute atomic E-state index is 13.5. The third-order valence-electron chi connectivity index (χ3n) is 8.89. The second kappa shape index (κ2) is 17.1. The molecule has 4 rings (SSSR count). The summed E-state index contributed by atoms with van der Waals surface area (Å²) >= 11 is 3.54. The number of carboxylic acids is 1. The summed E-state index contributed by atoms with van der Waals surface area (Å²) < 4.78 is 0. The summed E-state index contributed by atoms with van der Waals surface area (Å²) in [6, 6.07) is 22.3. The van der Waals surface area contributed by atoms with Crippen molar-refractivity contribution in [1.82, 2.24) is 10.2 Å². The standard InChI is InChI=1S/C37H48N2O3S2/c1-26-12-8-10-16-31(26)33-23-29(18-19-32(33)36(40)38-34(37(41)42)20-21-43-4)24-39(3)30(22-28-14-6-5-7-15-28)25-44-35-17-11-9-13-27(35)2/h8-13,16-19,23,28,30,34H,5-7,14-15,20-22,24-25H2,1-4H3,(H,38,40)(H,41,42)/t30-,34-/m0/s1. The molecule has 5 nitrogen and oxygen atoms in total. The number of rotatable bonds is 15. The Kier molecular flexibility index (Phi) is 13.3. The summed E-state index contributed by atoms with van der Waals surface area (Å²) in [5, 5.41) is 12.5. The number of thioether (sulfide) groups is 2. The average Bonchev–Trinajstić information content (AvgIpc) is 3.02. The van der Waals surface area contributed by atoms with Gasteiger partial charge in [0.05, 0.1) is 0 Å². The molecule has 2 atom stereocenters. The number of carbonyl (C=O) groups is 2. The van der Waals surface area contributed by atoms with Crippen LogP contribution < -0.4 is 5.32 Å². The van der Waals surface area contributed by atoms with E-state index in [1.807, 2.05) is 48.3 Å². The molecule has 1 amide bonds. The summed E-state index contributed by atoms with van der Waals surface area (Å²) in [7, 11) is 2.24. The van der Waals surface area contributed by atoms with Crippen molar-refractivity contribution in [2.75, 3.05) is 24.8 Å². The van der Waals surface area contributed by atoms with Gasteiger partial charge in [0, 0.05) is 28.8 Å². The number of carbonyl (C=O) groups excluding carboxylic acids is 1. The van der Waals surface area contributed by atoms with E-state index in [-0.39, 0.29) is 5.91 Å². The summed E-state index contributed by atoms with van der Waals surface area (Å²) in [5.74, 6) is 1.13. The van der Waals surface area contributed by atoms with Gasteiger partial charge in [0.25, 0.3) is 5.91 Å². The first kappa shape index (κ1) is 34.1. The minimum absolute atomic E-state index is 0.346. The third-order valence-corrected chi connectivity index (χ3v) is 10.9. The van der Waals surface area contributed by atoms with Crippen molar-refractivity contribution in [2.24, 2.45) is 5.92 Å². The molecule has 1 aliphatic rings. The lowest BCUT2D eigenvalue weighted by molar-refractivity contribution is -0.139. The predicted octanol–water partition coefficient (Wildman–Crippen LogP) is 8.47. The fourth-order valence-electron chi connectivity index (χ4n) is 6.22. The van der Waals surface area contributed by atoms with E-state index < -0.39 is 12.0 Å². The summed E-state index contributed by atoms with van der Waals surface area (Å²) in [4.78, 5) is 29.3. The van der Waals surface area contributed by atoms with E-state index in [1.165, 1.54) is 49.0 Å². The number of nitrogens with one attached hydrogen (secondary N) is 1. The molecular formula is C37H48N2O3S2. The summed E-state index contributed by atoms with van der Waals surface area (Å²) in [6.45, 7) is 5.02. The second-order valence-electron chi connectivity index (χ2n) is 12.2. The van der Waals surface area contributed by atoms with E-state index in [9.17, 15) is 14.7 Å². The summed E-state index contributed by atoms with van der Waals surface area (Å²) in [6.07, 6.45) is 10.2. The minimum Gasteiger partial charge on any atom is -0.480 e. The lowest BCUT2D eigenvalue weighted by Gasteiger charge is -2.33. The third kappa shape index (κ3) is 9.63. The molecule has 0 radical (unpaired) electrons. The molecule has 7 heteroatoms. The van der Waals surface area contributed by atoms with Crippen LogP contribution in [0.3, 0.4) is 0 Å². The number of hydrogen-bond acceptors (Lipinski definition) is 5. The highest BCUT2D eigenvalue weighted by Gasteiger charge is 2.25. The zero-order valence-electron chi connectivity index (χ0n) is 26.7. The van der Waals surface area contributed by atoms with Crippen molar-refractivity contribution >= 4 is 35.4 Å². The lowest BCUT2D eigenvalue weighted by Crippen LogP contribution is -2.41. The largest absolute Gasteiger partial charge is 0.480 e. The number of benzene rings is 3. The highest BCUT2D eigenvalue weighted by atomic mass is 32.2. The molecule has 236 valence electrons. The first-order valence-electron chi connectivity index (χ1n) is 15.9. The van der Waals surface area contributed by atoms with E-state index in [0.717, 1.165) is 40.5 Å². The Labute approximate surface area is 272 Å². The van der Waals surface area contributed by atoms with Gasteiger partial charge in [-0.1, -0.05) is 80.6 Å². The smallest absolute Gasteiger partial charge is 0.326 e. The molecule has 1 aliphatic carbocycles. The molecule has 1 fully saturated rings. The van der Waals surface area contributed by atoms with Crippen LogP contribution in [-0.4, -0.2) is 58.8 Å². The monoisotopic (exact) mass is 632 g/mol. The molecule has 0 bridgehead atoms. The van der Waals surface area contributed by atoms with E-state index in [4.69, 9.17) is 0 Å². The fraction of sp³-hybridized carbons (Fsp3) is 0.459. The molecule has 1 saturated carbocycles. The van der Waals surface area contributed by atoms with Crippen LogP contribution in [-0.2, 0) is 11.3 Å². The van der Waals surface area contributed by atoms with E-state index in [1.54, 1.807) is 11.8 Å². The van der Waals surface area contributed by atoms with Gasteiger partial charge in [0.2, 0.25) is 0 Å². The molecule has 3 aromatic carbocycles. The Balaban J connectivity index is 1.59. The number of carboxylic acid groups (broad SMARTS) is 1. The Morgan fingerprint density at radius 1 is 0.955 bits per heavy atom. The van der Waals surface area contributed by atoms with Crippen molar-refractivity contribution < 1.29 is 14.7 Å². The van der Waals surface area contributed by atoms with Gasteiger partial charge in [0.15, 0.2) is 0 Å². The number of amides is 1. The van der Waals surface area contributed by atoms with Gasteiger partial charge in [-0.2, -0.15) is 11.8 Å². The molecule has 0 aromatic heterocycles. The van der Waals surface area contributed by atoms with Gasteiger partial charge < -0.3 is 10.4 Å². The first-order valence-corrected chi connectivity index (χ1v) is 18.2. The zero-order valence-corrected chi connectivity index (χ0v) is 28.3. The normalized spacial score (nSPS) is 15.2. The van der Waals surface area contributed by atoms with Crippen LogP contribution in [0, 0.1) is 19.8 Å². The minimum atomic E-state index is -1.00. The average molecular weight is 633 g/mol. The topological polar surface area (TPSA) is 69.6 Å². The number of aryl methyl sites for hydroxylation is 2. The van der Waals surface area contributed by atoms with Crippen LogP contribution in [0.2, 0.25) is 0 Å². The van der Waals surface area contributed by atoms with Gasteiger partial charge in [-0.15, -0.1) is 11.8 Å². The van der Waals surface area contributed by atoms with Crippen LogP contribution in [0.4, 0.5) is 0 Å². The van der Waals surface area contributed by atoms with Crippen molar-refractivity contribution in [2.45, 2.75) is 82.3 Å². The van der Waals surface area contributed by atoms with Gasteiger partial charge in [-0.3, -0.25) is 9.69 Å². The molecule has 0 aliphatic heterocycles.